The predicted octanol–water partition coefficient (Wildman–Crippen LogP) is 0.762. The van der Waals surface area contributed by atoms with Crippen LogP contribution in [0.15, 0.2) is 33.9 Å². The number of aromatic nitrogens is 2. The second-order valence-electron chi connectivity index (χ2n) is 7.02. The van der Waals surface area contributed by atoms with Crippen LogP contribution in [0.5, 0.6) is 5.75 Å². The molecule has 1 heterocycles. The SMILES string of the molecule is COc1ccc(CC(=O)OCC(=O)c2c(N)n(CC(C)C)c(=O)n(C)c2=O)cc1. The fourth-order valence-corrected chi connectivity index (χ4v) is 2.77. The molecule has 0 aliphatic carbocycles. The van der Waals surface area contributed by atoms with Gasteiger partial charge >= 0.3 is 11.7 Å². The summed E-state index contributed by atoms with van der Waals surface area (Å²) in [6.45, 7) is 3.35. The topological polar surface area (TPSA) is 123 Å². The largest absolute Gasteiger partial charge is 0.497 e. The highest BCUT2D eigenvalue weighted by Crippen LogP contribution is 2.12. The minimum absolute atomic E-state index is 0.0440. The number of carbonyl (C=O) groups excluding carboxylic acids is 2. The average Bonchev–Trinajstić information content (AvgIpc) is 2.68. The summed E-state index contributed by atoms with van der Waals surface area (Å²) in [5, 5.41) is 0. The van der Waals surface area contributed by atoms with Crippen LogP contribution in [0.2, 0.25) is 0 Å². The van der Waals surface area contributed by atoms with Crippen LogP contribution >= 0.6 is 0 Å². The molecule has 29 heavy (non-hydrogen) atoms. The Morgan fingerprint density at radius 2 is 1.76 bits per heavy atom. The Hall–Kier alpha value is -3.36. The smallest absolute Gasteiger partial charge is 0.332 e. The average molecular weight is 403 g/mol. The molecule has 0 bridgehead atoms. The molecular formula is C20H25N3O6. The molecular weight excluding hydrogens is 378 g/mol. The molecule has 1 aromatic carbocycles. The van der Waals surface area contributed by atoms with Crippen LogP contribution < -0.4 is 21.7 Å². The molecule has 0 aliphatic rings. The van der Waals surface area contributed by atoms with Crippen molar-refractivity contribution in [3.05, 3.63) is 56.2 Å². The van der Waals surface area contributed by atoms with E-state index < -0.39 is 29.6 Å². The number of hydrogen-bond donors (Lipinski definition) is 1. The molecule has 1 aromatic heterocycles. The van der Waals surface area contributed by atoms with Gasteiger partial charge in [-0.1, -0.05) is 26.0 Å². The van der Waals surface area contributed by atoms with Gasteiger partial charge in [0.2, 0.25) is 5.78 Å². The van der Waals surface area contributed by atoms with Crippen molar-refractivity contribution in [3.63, 3.8) is 0 Å². The molecule has 0 spiro atoms. The van der Waals surface area contributed by atoms with Crippen LogP contribution in [0.3, 0.4) is 0 Å². The number of nitrogens with zero attached hydrogens (tertiary/aromatic N) is 2. The molecule has 2 rings (SSSR count). The minimum atomic E-state index is -0.816. The Morgan fingerprint density at radius 3 is 2.31 bits per heavy atom. The van der Waals surface area contributed by atoms with E-state index in [-0.39, 0.29) is 30.3 Å². The fraction of sp³-hybridized carbons (Fsp3) is 0.400. The number of anilines is 1. The highest BCUT2D eigenvalue weighted by Gasteiger charge is 2.23. The third kappa shape index (κ3) is 5.13. The van der Waals surface area contributed by atoms with Gasteiger partial charge in [-0.05, 0) is 23.6 Å². The second-order valence-corrected chi connectivity index (χ2v) is 7.02. The fourth-order valence-electron chi connectivity index (χ4n) is 2.77. The Labute approximate surface area is 167 Å². The van der Waals surface area contributed by atoms with Crippen molar-refractivity contribution in [3.8, 4) is 5.75 Å². The van der Waals surface area contributed by atoms with Crippen LogP contribution in [0.25, 0.3) is 0 Å². The minimum Gasteiger partial charge on any atom is -0.497 e. The van der Waals surface area contributed by atoms with E-state index in [1.165, 1.54) is 18.7 Å². The molecule has 156 valence electrons. The normalized spacial score (nSPS) is 10.8. The van der Waals surface area contributed by atoms with Crippen molar-refractivity contribution < 1.29 is 19.1 Å². The molecule has 0 aliphatic heterocycles. The number of hydrogen-bond acceptors (Lipinski definition) is 7. The maximum atomic E-state index is 12.5. The summed E-state index contributed by atoms with van der Waals surface area (Å²) in [5.41, 5.74) is 4.85. The van der Waals surface area contributed by atoms with Gasteiger partial charge in [0, 0.05) is 13.6 Å². The molecule has 9 nitrogen and oxygen atoms in total. The highest BCUT2D eigenvalue weighted by molar-refractivity contribution is 6.01. The molecule has 0 fully saturated rings. The summed E-state index contributed by atoms with van der Waals surface area (Å²) in [6, 6.07) is 6.82. The van der Waals surface area contributed by atoms with E-state index in [1.807, 2.05) is 13.8 Å². The van der Waals surface area contributed by atoms with Crippen LogP contribution in [0, 0.1) is 5.92 Å². The van der Waals surface area contributed by atoms with Gasteiger partial charge in [0.25, 0.3) is 5.56 Å². The van der Waals surface area contributed by atoms with Crippen molar-refractivity contribution in [2.75, 3.05) is 19.5 Å². The Balaban J connectivity index is 2.15. The zero-order valence-electron chi connectivity index (χ0n) is 16.9. The number of carbonyl (C=O) groups is 2. The van der Waals surface area contributed by atoms with Crippen LogP contribution in [-0.2, 0) is 29.5 Å². The van der Waals surface area contributed by atoms with Crippen molar-refractivity contribution in [2.45, 2.75) is 26.8 Å². The Morgan fingerprint density at radius 1 is 1.14 bits per heavy atom. The van der Waals surface area contributed by atoms with E-state index in [2.05, 4.69) is 0 Å². The number of benzene rings is 1. The molecule has 0 unspecified atom stereocenters. The molecule has 9 heteroatoms. The molecule has 0 atom stereocenters. The van der Waals surface area contributed by atoms with Crippen LogP contribution in [0.4, 0.5) is 5.82 Å². The van der Waals surface area contributed by atoms with E-state index in [4.69, 9.17) is 15.2 Å². The summed E-state index contributed by atoms with van der Waals surface area (Å²) < 4.78 is 12.1. The summed E-state index contributed by atoms with van der Waals surface area (Å²) in [5.74, 6) is -0.890. The first-order valence-electron chi connectivity index (χ1n) is 9.06. The van der Waals surface area contributed by atoms with E-state index in [1.54, 1.807) is 24.3 Å². The number of nitrogen functional groups attached to an aromatic ring is 1. The van der Waals surface area contributed by atoms with Crippen molar-refractivity contribution in [2.24, 2.45) is 13.0 Å². The summed E-state index contributed by atoms with van der Waals surface area (Å²) in [7, 11) is 2.81. The van der Waals surface area contributed by atoms with Gasteiger partial charge in [-0.2, -0.15) is 0 Å². The van der Waals surface area contributed by atoms with Gasteiger partial charge in [0.1, 0.15) is 17.1 Å². The first-order valence-corrected chi connectivity index (χ1v) is 9.06. The molecule has 2 aromatic rings. The third-order valence-corrected chi connectivity index (χ3v) is 4.28. The quantitative estimate of drug-likeness (QED) is 0.510. The number of rotatable bonds is 8. The van der Waals surface area contributed by atoms with Gasteiger partial charge in [0.05, 0.1) is 13.5 Å². The number of Topliss-reactive ketones (excluding diaryl/α,β-unsaturated/α-hetero) is 1. The summed E-state index contributed by atoms with van der Waals surface area (Å²) >= 11 is 0. The third-order valence-electron chi connectivity index (χ3n) is 4.28. The second kappa shape index (κ2) is 9.22. The van der Waals surface area contributed by atoms with Crippen molar-refractivity contribution >= 4 is 17.6 Å². The summed E-state index contributed by atoms with van der Waals surface area (Å²) in [6.07, 6.45) is -0.0440. The first-order chi connectivity index (χ1) is 13.6. The Bertz CT molecular complexity index is 1020. The van der Waals surface area contributed by atoms with Gasteiger partial charge in [-0.15, -0.1) is 0 Å². The van der Waals surface area contributed by atoms with Crippen molar-refractivity contribution in [1.29, 1.82) is 0 Å². The first kappa shape index (κ1) is 21.9. The van der Waals surface area contributed by atoms with E-state index in [0.29, 0.717) is 11.3 Å². The number of nitrogens with two attached hydrogens (primary N) is 1. The number of ketones is 1. The lowest BCUT2D eigenvalue weighted by atomic mass is 10.1. The maximum Gasteiger partial charge on any atom is 0.332 e. The van der Waals surface area contributed by atoms with Crippen LogP contribution in [0.1, 0.15) is 29.8 Å². The lowest BCUT2D eigenvalue weighted by Crippen LogP contribution is -2.43. The van der Waals surface area contributed by atoms with E-state index in [9.17, 15) is 19.2 Å². The molecule has 0 saturated carbocycles. The van der Waals surface area contributed by atoms with E-state index >= 15 is 0 Å². The lowest BCUT2D eigenvalue weighted by Gasteiger charge is -2.16. The lowest BCUT2D eigenvalue weighted by molar-refractivity contribution is -0.141. The van der Waals surface area contributed by atoms with Crippen LogP contribution in [-0.4, -0.2) is 34.6 Å². The van der Waals surface area contributed by atoms with Gasteiger partial charge in [0.15, 0.2) is 6.61 Å². The molecule has 0 radical (unpaired) electrons. The zero-order valence-corrected chi connectivity index (χ0v) is 16.9. The number of esters is 1. The molecule has 0 amide bonds. The zero-order chi connectivity index (χ0) is 21.7. The number of methoxy groups -OCH3 is 1. The maximum absolute atomic E-state index is 12.5. The predicted molar refractivity (Wildman–Crippen MR) is 107 cm³/mol. The highest BCUT2D eigenvalue weighted by atomic mass is 16.5. The standard InChI is InChI=1S/C20H25N3O6/c1-12(2)10-23-18(21)17(19(26)22(3)20(23)27)15(24)11-29-16(25)9-13-5-7-14(28-4)8-6-13/h5-8,12H,9-11,21H2,1-4H3. The van der Waals surface area contributed by atoms with E-state index in [0.717, 1.165) is 4.57 Å². The van der Waals surface area contributed by atoms with Gasteiger partial charge in [-0.25, -0.2) is 4.79 Å². The molecule has 0 saturated heterocycles. The monoisotopic (exact) mass is 403 g/mol. The van der Waals surface area contributed by atoms with Crippen molar-refractivity contribution in [1.82, 2.24) is 9.13 Å². The van der Waals surface area contributed by atoms with Gasteiger partial charge in [-0.3, -0.25) is 23.5 Å². The van der Waals surface area contributed by atoms with Gasteiger partial charge < -0.3 is 15.2 Å². The molecule has 2 N–H and O–H groups in total. The number of ether oxygens (including phenoxy) is 2. The summed E-state index contributed by atoms with van der Waals surface area (Å²) in [4.78, 5) is 49.2. The Kier molecular flexibility index (Phi) is 6.98.